The van der Waals surface area contributed by atoms with Crippen LogP contribution >= 0.6 is 0 Å². The van der Waals surface area contributed by atoms with Gasteiger partial charge in [-0.2, -0.15) is 0 Å². The van der Waals surface area contributed by atoms with E-state index in [9.17, 15) is 4.79 Å². The minimum atomic E-state index is -0.520. The molecule has 0 radical (unpaired) electrons. The first-order chi connectivity index (χ1) is 4.16. The van der Waals surface area contributed by atoms with Crippen LogP contribution in [-0.4, -0.2) is 17.0 Å². The van der Waals surface area contributed by atoms with E-state index in [0.29, 0.717) is 0 Å². The Balaban J connectivity index is 3.51. The molecule has 0 aliphatic rings. The molecule has 1 N–H and O–H groups in total. The number of carbonyl (C=O) groups is 1. The number of aliphatic hydroxyl groups excluding tert-OH is 1. The van der Waals surface area contributed by atoms with E-state index < -0.39 is 6.10 Å². The van der Waals surface area contributed by atoms with E-state index in [4.69, 9.17) is 5.11 Å². The molecule has 2 heteroatoms. The van der Waals surface area contributed by atoms with E-state index >= 15 is 0 Å². The van der Waals surface area contributed by atoms with Gasteiger partial charge in [-0.3, -0.25) is 4.79 Å². The molecule has 0 rings (SSSR count). The molecule has 0 saturated carbocycles. The first-order valence-electron chi connectivity index (χ1n) is 3.00. The van der Waals surface area contributed by atoms with Crippen molar-refractivity contribution in [1.29, 1.82) is 0 Å². The zero-order valence-electron chi connectivity index (χ0n) is 5.79. The predicted octanol–water partition coefficient (Wildman–Crippen LogP) is 0.903. The van der Waals surface area contributed by atoms with Crippen molar-refractivity contribution in [3.63, 3.8) is 0 Å². The Labute approximate surface area is 55.2 Å². The molecule has 1 unspecified atom stereocenters. The minimum absolute atomic E-state index is 0.0208. The standard InChI is InChI=1S/C7H12O2/c1-3-4-7(9)5-6(2)8/h3-4,6,8H,5H2,1-2H3/b4-3+. The Hall–Kier alpha value is -0.630. The van der Waals surface area contributed by atoms with Crippen LogP contribution in [0.5, 0.6) is 0 Å². The number of hydrogen-bond acceptors (Lipinski definition) is 2. The summed E-state index contributed by atoms with van der Waals surface area (Å²) in [5.74, 6) is -0.0208. The summed E-state index contributed by atoms with van der Waals surface area (Å²) in [7, 11) is 0. The smallest absolute Gasteiger partial charge is 0.157 e. The fourth-order valence-electron chi connectivity index (χ4n) is 0.545. The molecule has 0 amide bonds. The number of carbonyl (C=O) groups excluding carboxylic acids is 1. The highest BCUT2D eigenvalue weighted by atomic mass is 16.3. The molecule has 9 heavy (non-hydrogen) atoms. The molecule has 0 fully saturated rings. The van der Waals surface area contributed by atoms with Crippen molar-refractivity contribution in [1.82, 2.24) is 0 Å². The number of hydrogen-bond donors (Lipinski definition) is 1. The van der Waals surface area contributed by atoms with Crippen molar-refractivity contribution in [2.75, 3.05) is 0 Å². The van der Waals surface area contributed by atoms with Gasteiger partial charge in [0.2, 0.25) is 0 Å². The Kier molecular flexibility index (Phi) is 3.97. The second-order valence-electron chi connectivity index (χ2n) is 2.02. The van der Waals surface area contributed by atoms with Crippen molar-refractivity contribution in [2.24, 2.45) is 0 Å². The van der Waals surface area contributed by atoms with Gasteiger partial charge in [0.15, 0.2) is 5.78 Å². The zero-order chi connectivity index (χ0) is 7.28. The second-order valence-corrected chi connectivity index (χ2v) is 2.02. The Morgan fingerprint density at radius 1 is 1.78 bits per heavy atom. The summed E-state index contributed by atoms with van der Waals surface area (Å²) < 4.78 is 0. The molecule has 0 aliphatic carbocycles. The van der Waals surface area contributed by atoms with E-state index in [1.54, 1.807) is 19.9 Å². The topological polar surface area (TPSA) is 37.3 Å². The second kappa shape index (κ2) is 4.27. The highest BCUT2D eigenvalue weighted by molar-refractivity contribution is 5.89. The lowest BCUT2D eigenvalue weighted by Gasteiger charge is -1.96. The van der Waals surface area contributed by atoms with Gasteiger partial charge in [0.1, 0.15) is 0 Å². The Morgan fingerprint density at radius 2 is 2.33 bits per heavy atom. The predicted molar refractivity (Wildman–Crippen MR) is 36.1 cm³/mol. The third kappa shape index (κ3) is 5.24. The summed E-state index contributed by atoms with van der Waals surface area (Å²) >= 11 is 0. The first kappa shape index (κ1) is 8.37. The van der Waals surface area contributed by atoms with Crippen LogP contribution < -0.4 is 0 Å². The minimum Gasteiger partial charge on any atom is -0.393 e. The lowest BCUT2D eigenvalue weighted by molar-refractivity contribution is -0.116. The van der Waals surface area contributed by atoms with E-state index in [2.05, 4.69) is 0 Å². The number of allylic oxidation sites excluding steroid dienone is 2. The molecular weight excluding hydrogens is 116 g/mol. The van der Waals surface area contributed by atoms with Gasteiger partial charge in [0.25, 0.3) is 0 Å². The summed E-state index contributed by atoms with van der Waals surface area (Å²) in [6.07, 6.45) is 2.84. The van der Waals surface area contributed by atoms with E-state index in [-0.39, 0.29) is 12.2 Å². The van der Waals surface area contributed by atoms with Gasteiger partial charge >= 0.3 is 0 Å². The van der Waals surface area contributed by atoms with E-state index in [1.807, 2.05) is 0 Å². The van der Waals surface area contributed by atoms with Crippen LogP contribution in [0.25, 0.3) is 0 Å². The van der Waals surface area contributed by atoms with Gasteiger partial charge in [0, 0.05) is 6.42 Å². The number of rotatable bonds is 3. The SMILES string of the molecule is C/C=C/C(=O)CC(C)O. The van der Waals surface area contributed by atoms with Gasteiger partial charge in [-0.25, -0.2) is 0 Å². The van der Waals surface area contributed by atoms with Crippen LogP contribution in [0, 0.1) is 0 Å². The molecule has 1 atom stereocenters. The highest BCUT2D eigenvalue weighted by Crippen LogP contribution is 1.91. The summed E-state index contributed by atoms with van der Waals surface area (Å²) in [5.41, 5.74) is 0. The quantitative estimate of drug-likeness (QED) is 0.573. The summed E-state index contributed by atoms with van der Waals surface area (Å²) in [5, 5.41) is 8.69. The third-order valence-corrected chi connectivity index (χ3v) is 0.849. The van der Waals surface area contributed by atoms with Crippen molar-refractivity contribution < 1.29 is 9.90 Å². The molecule has 0 heterocycles. The zero-order valence-corrected chi connectivity index (χ0v) is 5.79. The molecule has 2 nitrogen and oxygen atoms in total. The first-order valence-corrected chi connectivity index (χ1v) is 3.00. The van der Waals surface area contributed by atoms with Crippen molar-refractivity contribution in [3.8, 4) is 0 Å². The molecule has 0 aromatic rings. The summed E-state index contributed by atoms with van der Waals surface area (Å²) in [4.78, 5) is 10.6. The van der Waals surface area contributed by atoms with Gasteiger partial charge in [0.05, 0.1) is 6.10 Å². The van der Waals surface area contributed by atoms with Gasteiger partial charge in [-0.05, 0) is 19.9 Å². The molecule has 0 spiro atoms. The fraction of sp³-hybridized carbons (Fsp3) is 0.571. The number of ketones is 1. The van der Waals surface area contributed by atoms with Gasteiger partial charge in [-0.15, -0.1) is 0 Å². The monoisotopic (exact) mass is 128 g/mol. The molecule has 0 saturated heterocycles. The van der Waals surface area contributed by atoms with E-state index in [0.717, 1.165) is 0 Å². The van der Waals surface area contributed by atoms with Crippen molar-refractivity contribution >= 4 is 5.78 Å². The lowest BCUT2D eigenvalue weighted by atomic mass is 10.2. The van der Waals surface area contributed by atoms with Crippen LogP contribution in [0.4, 0.5) is 0 Å². The maximum Gasteiger partial charge on any atom is 0.157 e. The normalized spacial score (nSPS) is 14.1. The molecule has 0 aliphatic heterocycles. The molecular formula is C7H12O2. The molecule has 0 bridgehead atoms. The Morgan fingerprint density at radius 3 is 2.67 bits per heavy atom. The lowest BCUT2D eigenvalue weighted by Crippen LogP contribution is -2.06. The van der Waals surface area contributed by atoms with Crippen LogP contribution in [-0.2, 0) is 4.79 Å². The Bertz CT molecular complexity index is 114. The fourth-order valence-corrected chi connectivity index (χ4v) is 0.545. The number of aliphatic hydroxyl groups is 1. The average molecular weight is 128 g/mol. The van der Waals surface area contributed by atoms with Crippen LogP contribution in [0.1, 0.15) is 20.3 Å². The highest BCUT2D eigenvalue weighted by Gasteiger charge is 1.99. The average Bonchev–Trinajstić information content (AvgIpc) is 1.63. The largest absolute Gasteiger partial charge is 0.393 e. The third-order valence-electron chi connectivity index (χ3n) is 0.849. The molecule has 0 aromatic carbocycles. The van der Waals surface area contributed by atoms with Gasteiger partial charge in [-0.1, -0.05) is 6.08 Å². The van der Waals surface area contributed by atoms with Crippen LogP contribution in [0.15, 0.2) is 12.2 Å². The maximum absolute atomic E-state index is 10.6. The summed E-state index contributed by atoms with van der Waals surface area (Å²) in [6, 6.07) is 0. The van der Waals surface area contributed by atoms with Gasteiger partial charge < -0.3 is 5.11 Å². The van der Waals surface area contributed by atoms with Crippen LogP contribution in [0.3, 0.4) is 0 Å². The van der Waals surface area contributed by atoms with Crippen molar-refractivity contribution in [3.05, 3.63) is 12.2 Å². The van der Waals surface area contributed by atoms with Crippen LogP contribution in [0.2, 0.25) is 0 Å². The molecule has 0 aromatic heterocycles. The van der Waals surface area contributed by atoms with E-state index in [1.165, 1.54) is 6.08 Å². The molecule has 52 valence electrons. The van der Waals surface area contributed by atoms with Crippen molar-refractivity contribution in [2.45, 2.75) is 26.4 Å². The maximum atomic E-state index is 10.6. The summed E-state index contributed by atoms with van der Waals surface area (Å²) in [6.45, 7) is 3.38.